The normalized spacial score (nSPS) is 19.3. The highest BCUT2D eigenvalue weighted by molar-refractivity contribution is 5.76. The van der Waals surface area contributed by atoms with Gasteiger partial charge in [-0.25, -0.2) is 0 Å². The van der Waals surface area contributed by atoms with Crippen molar-refractivity contribution in [3.05, 3.63) is 60.8 Å². The molecule has 7 atom stereocenters. The molecule has 1 amide bonds. The van der Waals surface area contributed by atoms with Gasteiger partial charge in [-0.3, -0.25) is 4.79 Å². The fourth-order valence-corrected chi connectivity index (χ4v) is 10.1. The smallest absolute Gasteiger partial charge is 0.220 e. The Hall–Kier alpha value is -2.11. The van der Waals surface area contributed by atoms with Crippen molar-refractivity contribution in [1.29, 1.82) is 0 Å². The minimum atomic E-state index is -1.56. The minimum absolute atomic E-state index is 0.144. The van der Waals surface area contributed by atoms with Crippen molar-refractivity contribution < 1.29 is 39.8 Å². The van der Waals surface area contributed by atoms with Crippen LogP contribution in [-0.4, -0.2) is 87.5 Å². The van der Waals surface area contributed by atoms with Gasteiger partial charge < -0.3 is 40.3 Å². The van der Waals surface area contributed by atoms with Gasteiger partial charge in [-0.1, -0.05) is 293 Å². The van der Waals surface area contributed by atoms with Gasteiger partial charge in [-0.15, -0.1) is 0 Å². The summed E-state index contributed by atoms with van der Waals surface area (Å²) in [6, 6.07) is -0.730. The number of nitrogens with one attached hydrogen (secondary N) is 1. The van der Waals surface area contributed by atoms with E-state index >= 15 is 0 Å². The standard InChI is InChI=1S/C66H121NO8/c1-3-5-7-9-11-13-15-17-19-21-23-25-27-28-29-30-31-32-34-35-37-39-41-43-45-47-49-51-53-55-60(69)59(58-74-66-65(73)64(72)63(71)61(57-68)75-66)67-62(70)56-54-52-50-48-46-44-42-40-38-36-33-26-24-22-20-18-16-14-12-10-8-6-4-2/h6,8,12,14,18,20,24,26,36,38,59-61,63-66,68-69,71-73H,3-5,7,9-11,13,15-17,19,21-23,25,27-35,37,39-58H2,1-2H3,(H,67,70)/b8-6-,14-12-,20-18-,26-24-,38-36-. The van der Waals surface area contributed by atoms with Crippen LogP contribution in [-0.2, 0) is 14.3 Å². The molecule has 75 heavy (non-hydrogen) atoms. The van der Waals surface area contributed by atoms with Gasteiger partial charge in [0.1, 0.15) is 24.4 Å². The van der Waals surface area contributed by atoms with E-state index in [4.69, 9.17) is 9.47 Å². The van der Waals surface area contributed by atoms with Gasteiger partial charge in [0.25, 0.3) is 0 Å². The molecular formula is C66H121NO8. The van der Waals surface area contributed by atoms with Gasteiger partial charge in [-0.2, -0.15) is 0 Å². The number of aliphatic hydroxyl groups is 5. The molecule has 1 fully saturated rings. The van der Waals surface area contributed by atoms with E-state index < -0.39 is 49.5 Å². The molecule has 1 aliphatic heterocycles. The highest BCUT2D eigenvalue weighted by Gasteiger charge is 2.44. The van der Waals surface area contributed by atoms with Crippen molar-refractivity contribution in [3.8, 4) is 0 Å². The summed E-state index contributed by atoms with van der Waals surface area (Å²) in [7, 11) is 0. The molecule has 0 aromatic heterocycles. The molecule has 9 nitrogen and oxygen atoms in total. The van der Waals surface area contributed by atoms with Crippen LogP contribution in [0.4, 0.5) is 0 Å². The van der Waals surface area contributed by atoms with Gasteiger partial charge in [-0.05, 0) is 57.8 Å². The van der Waals surface area contributed by atoms with Crippen molar-refractivity contribution >= 4 is 5.91 Å². The number of rotatable bonds is 55. The van der Waals surface area contributed by atoms with E-state index in [2.05, 4.69) is 79.9 Å². The van der Waals surface area contributed by atoms with E-state index in [9.17, 15) is 30.3 Å². The zero-order chi connectivity index (χ0) is 54.3. The molecule has 0 spiro atoms. The Bertz CT molecular complexity index is 1360. The van der Waals surface area contributed by atoms with Crippen LogP contribution in [0.25, 0.3) is 0 Å². The monoisotopic (exact) mass is 1060 g/mol. The third-order valence-electron chi connectivity index (χ3n) is 15.1. The lowest BCUT2D eigenvalue weighted by atomic mass is 9.99. The lowest BCUT2D eigenvalue weighted by Crippen LogP contribution is -2.60. The van der Waals surface area contributed by atoms with Gasteiger partial charge in [0, 0.05) is 6.42 Å². The molecule has 0 bridgehead atoms. The molecule has 7 unspecified atom stereocenters. The van der Waals surface area contributed by atoms with Crippen LogP contribution >= 0.6 is 0 Å². The number of carbonyl (C=O) groups excluding carboxylic acids is 1. The molecule has 0 saturated carbocycles. The second-order valence-corrected chi connectivity index (χ2v) is 22.2. The number of amides is 1. The summed E-state index contributed by atoms with van der Waals surface area (Å²) >= 11 is 0. The van der Waals surface area contributed by atoms with Crippen LogP contribution in [0.1, 0.15) is 296 Å². The number of aliphatic hydroxyl groups excluding tert-OH is 5. The molecule has 438 valence electrons. The highest BCUT2D eigenvalue weighted by Crippen LogP contribution is 2.23. The second-order valence-electron chi connectivity index (χ2n) is 22.2. The zero-order valence-electron chi connectivity index (χ0n) is 48.8. The summed E-state index contributed by atoms with van der Waals surface area (Å²) in [5.74, 6) is -0.154. The van der Waals surface area contributed by atoms with E-state index in [0.717, 1.165) is 83.5 Å². The molecule has 0 aromatic carbocycles. The first-order chi connectivity index (χ1) is 36.8. The topological polar surface area (TPSA) is 149 Å². The number of ether oxygens (including phenoxy) is 2. The van der Waals surface area contributed by atoms with E-state index in [0.29, 0.717) is 12.8 Å². The average Bonchev–Trinajstić information content (AvgIpc) is 3.41. The van der Waals surface area contributed by atoms with Crippen molar-refractivity contribution in [3.63, 3.8) is 0 Å². The van der Waals surface area contributed by atoms with Crippen LogP contribution in [0, 0.1) is 0 Å². The van der Waals surface area contributed by atoms with E-state index in [-0.39, 0.29) is 12.5 Å². The fraction of sp³-hybridized carbons (Fsp3) is 0.833. The van der Waals surface area contributed by atoms with Crippen LogP contribution in [0.15, 0.2) is 60.8 Å². The zero-order valence-corrected chi connectivity index (χ0v) is 48.8. The van der Waals surface area contributed by atoms with Crippen LogP contribution in [0.2, 0.25) is 0 Å². The predicted octanol–water partition coefficient (Wildman–Crippen LogP) is 16.6. The molecule has 1 aliphatic rings. The third kappa shape index (κ3) is 44.4. The first-order valence-electron chi connectivity index (χ1n) is 32.0. The Balaban J connectivity index is 2.16. The summed E-state index contributed by atoms with van der Waals surface area (Å²) in [6.45, 7) is 3.75. The third-order valence-corrected chi connectivity index (χ3v) is 15.1. The van der Waals surface area contributed by atoms with Crippen molar-refractivity contribution in [1.82, 2.24) is 5.32 Å². The molecule has 1 saturated heterocycles. The Morgan fingerprint density at radius 2 is 0.827 bits per heavy atom. The molecule has 9 heteroatoms. The van der Waals surface area contributed by atoms with E-state index in [1.807, 2.05) is 0 Å². The largest absolute Gasteiger partial charge is 0.394 e. The maximum atomic E-state index is 13.1. The van der Waals surface area contributed by atoms with Gasteiger partial charge in [0.05, 0.1) is 25.4 Å². The molecule has 0 radical (unpaired) electrons. The maximum Gasteiger partial charge on any atom is 0.220 e. The first-order valence-corrected chi connectivity index (χ1v) is 32.0. The maximum absolute atomic E-state index is 13.1. The molecule has 1 heterocycles. The minimum Gasteiger partial charge on any atom is -0.394 e. The number of hydrogen-bond donors (Lipinski definition) is 6. The highest BCUT2D eigenvalue weighted by atomic mass is 16.7. The second kappa shape index (κ2) is 55.2. The summed E-state index contributed by atoms with van der Waals surface area (Å²) in [6.07, 6.45) is 68.4. The van der Waals surface area contributed by atoms with E-state index in [1.165, 1.54) is 186 Å². The first kappa shape index (κ1) is 70.9. The number of allylic oxidation sites excluding steroid dienone is 10. The van der Waals surface area contributed by atoms with Crippen molar-refractivity contribution in [2.24, 2.45) is 0 Å². The molecule has 0 aliphatic carbocycles. The lowest BCUT2D eigenvalue weighted by molar-refractivity contribution is -0.302. The molecular weight excluding hydrogens is 935 g/mol. The van der Waals surface area contributed by atoms with Crippen LogP contribution < -0.4 is 5.32 Å². The fourth-order valence-electron chi connectivity index (χ4n) is 10.1. The molecule has 1 rings (SSSR count). The van der Waals surface area contributed by atoms with Gasteiger partial charge >= 0.3 is 0 Å². The quantitative estimate of drug-likeness (QED) is 0.0261. The van der Waals surface area contributed by atoms with Crippen molar-refractivity contribution in [2.45, 2.75) is 339 Å². The van der Waals surface area contributed by atoms with E-state index in [1.54, 1.807) is 0 Å². The summed E-state index contributed by atoms with van der Waals surface area (Å²) in [4.78, 5) is 13.1. The van der Waals surface area contributed by atoms with Crippen LogP contribution in [0.3, 0.4) is 0 Å². The van der Waals surface area contributed by atoms with Crippen molar-refractivity contribution in [2.75, 3.05) is 13.2 Å². The number of unbranched alkanes of at least 4 members (excludes halogenated alkanes) is 35. The SMILES string of the molecule is CC/C=C\C/C=C\C/C=C\C/C=C\C/C=C\CCCCCCCCCC(=O)NC(COC1OC(CO)C(O)C(O)C1O)C(O)CCCCCCCCCCCCCCCCCCCCCCCCCCCCCCC. The summed E-state index contributed by atoms with van der Waals surface area (Å²) < 4.78 is 11.3. The lowest BCUT2D eigenvalue weighted by Gasteiger charge is -2.40. The van der Waals surface area contributed by atoms with Crippen LogP contribution in [0.5, 0.6) is 0 Å². The summed E-state index contributed by atoms with van der Waals surface area (Å²) in [5.41, 5.74) is 0. The Labute approximate surface area is 462 Å². The number of hydrogen-bond acceptors (Lipinski definition) is 8. The molecule has 6 N–H and O–H groups in total. The Morgan fingerprint density at radius 1 is 0.467 bits per heavy atom. The average molecular weight is 1060 g/mol. The Morgan fingerprint density at radius 3 is 1.23 bits per heavy atom. The molecule has 0 aromatic rings. The Kier molecular flexibility index (Phi) is 52.2. The predicted molar refractivity (Wildman–Crippen MR) is 318 cm³/mol. The summed E-state index contributed by atoms with van der Waals surface area (Å²) in [5, 5.41) is 54.8. The van der Waals surface area contributed by atoms with Gasteiger partial charge in [0.2, 0.25) is 5.91 Å². The number of carbonyl (C=O) groups is 1. The van der Waals surface area contributed by atoms with Gasteiger partial charge in [0.15, 0.2) is 6.29 Å².